The molecule has 0 radical (unpaired) electrons. The number of imide groups is 1. The van der Waals surface area contributed by atoms with Crippen molar-refractivity contribution in [2.75, 3.05) is 6.73 Å². The Balaban J connectivity index is 1.99. The number of hydrogen-bond acceptors (Lipinski definition) is 5. The number of nitriles is 1. The van der Waals surface area contributed by atoms with Gasteiger partial charge in [-0.05, 0) is 32.1 Å². The molecular formula is C17H20N2O4. The zero-order valence-corrected chi connectivity index (χ0v) is 14.0. The average molecular weight is 316 g/mol. The Hall–Kier alpha value is -2.42. The van der Waals surface area contributed by atoms with E-state index in [0.717, 1.165) is 4.90 Å². The van der Waals surface area contributed by atoms with Gasteiger partial charge in [-0.3, -0.25) is 14.4 Å². The number of hydrogen-bond donors (Lipinski definition) is 0. The highest BCUT2D eigenvalue weighted by Gasteiger charge is 2.61. The quantitative estimate of drug-likeness (QED) is 0.449. The molecule has 23 heavy (non-hydrogen) atoms. The van der Waals surface area contributed by atoms with Crippen LogP contribution in [0.2, 0.25) is 0 Å². The first-order valence-corrected chi connectivity index (χ1v) is 7.41. The van der Waals surface area contributed by atoms with Gasteiger partial charge in [0.05, 0.1) is 12.0 Å². The lowest BCUT2D eigenvalue weighted by atomic mass is 10.1. The maximum atomic E-state index is 12.2. The van der Waals surface area contributed by atoms with Crippen molar-refractivity contribution in [3.05, 3.63) is 22.8 Å². The van der Waals surface area contributed by atoms with Crippen molar-refractivity contribution in [2.45, 2.75) is 34.6 Å². The van der Waals surface area contributed by atoms with Gasteiger partial charge in [0.2, 0.25) is 0 Å². The first-order chi connectivity index (χ1) is 10.6. The highest BCUT2D eigenvalue weighted by Crippen LogP contribution is 2.59. The van der Waals surface area contributed by atoms with Crippen molar-refractivity contribution in [3.8, 4) is 6.07 Å². The molecule has 1 fully saturated rings. The minimum Gasteiger partial charge on any atom is -0.443 e. The SMILES string of the molecule is CC1=C(C)C(=O)N(COC(=O)[C@@H]2[C@@H](/C=C(/C)C#N)C2(C)C)C1=O. The van der Waals surface area contributed by atoms with E-state index in [2.05, 4.69) is 0 Å². The smallest absolute Gasteiger partial charge is 0.311 e. The number of ether oxygens (including phenoxy) is 1. The molecule has 0 aromatic heterocycles. The monoisotopic (exact) mass is 316 g/mol. The Kier molecular flexibility index (Phi) is 4.16. The molecule has 2 aliphatic rings. The van der Waals surface area contributed by atoms with E-state index in [4.69, 9.17) is 10.00 Å². The molecule has 0 unspecified atom stereocenters. The molecule has 0 bridgehead atoms. The van der Waals surface area contributed by atoms with Gasteiger partial charge in [-0.25, -0.2) is 4.90 Å². The van der Waals surface area contributed by atoms with E-state index in [-0.39, 0.29) is 24.0 Å². The van der Waals surface area contributed by atoms with Gasteiger partial charge in [-0.2, -0.15) is 5.26 Å². The number of allylic oxidation sites excluding steroid dienone is 2. The molecule has 0 aromatic rings. The van der Waals surface area contributed by atoms with Crippen LogP contribution in [0, 0.1) is 28.6 Å². The topological polar surface area (TPSA) is 87.5 Å². The first-order valence-electron chi connectivity index (χ1n) is 7.41. The molecule has 0 saturated heterocycles. The van der Waals surface area contributed by atoms with Crippen LogP contribution in [0.1, 0.15) is 34.6 Å². The fourth-order valence-corrected chi connectivity index (χ4v) is 2.90. The Bertz CT molecular complexity index is 670. The van der Waals surface area contributed by atoms with Crippen LogP contribution in [0.5, 0.6) is 0 Å². The summed E-state index contributed by atoms with van der Waals surface area (Å²) in [6.07, 6.45) is 1.77. The van der Waals surface area contributed by atoms with Crippen molar-refractivity contribution in [3.63, 3.8) is 0 Å². The van der Waals surface area contributed by atoms with Gasteiger partial charge in [-0.1, -0.05) is 19.9 Å². The summed E-state index contributed by atoms with van der Waals surface area (Å²) >= 11 is 0. The number of nitrogens with zero attached hydrogens (tertiary/aromatic N) is 2. The summed E-state index contributed by atoms with van der Waals surface area (Å²) in [5.41, 5.74) is 1.02. The van der Waals surface area contributed by atoms with Gasteiger partial charge in [-0.15, -0.1) is 0 Å². The van der Waals surface area contributed by atoms with Crippen LogP contribution in [-0.2, 0) is 19.1 Å². The zero-order valence-electron chi connectivity index (χ0n) is 14.0. The Morgan fingerprint density at radius 2 is 1.83 bits per heavy atom. The van der Waals surface area contributed by atoms with Gasteiger partial charge in [0.25, 0.3) is 11.8 Å². The molecular weight excluding hydrogens is 296 g/mol. The molecule has 1 aliphatic carbocycles. The molecule has 1 heterocycles. The van der Waals surface area contributed by atoms with Gasteiger partial charge in [0.15, 0.2) is 6.73 Å². The Morgan fingerprint density at radius 3 is 2.30 bits per heavy atom. The van der Waals surface area contributed by atoms with E-state index in [0.29, 0.717) is 16.7 Å². The zero-order chi connectivity index (χ0) is 17.5. The molecule has 0 N–H and O–H groups in total. The fourth-order valence-electron chi connectivity index (χ4n) is 2.90. The van der Waals surface area contributed by atoms with Crippen molar-refractivity contribution in [1.82, 2.24) is 4.90 Å². The average Bonchev–Trinajstić information content (AvgIpc) is 2.98. The van der Waals surface area contributed by atoms with Gasteiger partial charge in [0.1, 0.15) is 0 Å². The number of esters is 1. The van der Waals surface area contributed by atoms with Crippen molar-refractivity contribution in [2.24, 2.45) is 17.3 Å². The van der Waals surface area contributed by atoms with Crippen LogP contribution < -0.4 is 0 Å². The maximum absolute atomic E-state index is 12.2. The van der Waals surface area contributed by atoms with E-state index in [1.807, 2.05) is 19.9 Å². The normalized spacial score (nSPS) is 26.4. The van der Waals surface area contributed by atoms with Crippen LogP contribution in [0.15, 0.2) is 22.8 Å². The van der Waals surface area contributed by atoms with Crippen LogP contribution in [0.3, 0.4) is 0 Å². The molecule has 0 aromatic carbocycles. The standard InChI is InChI=1S/C17H20N2O4/c1-9(7-18)6-12-13(17(12,4)5)16(22)23-8-19-14(20)10(2)11(3)15(19)21/h6,12-13H,8H2,1-5H3/b9-6-/t12-,13+/m1/s1. The summed E-state index contributed by atoms with van der Waals surface area (Å²) in [7, 11) is 0. The summed E-state index contributed by atoms with van der Waals surface area (Å²) in [4.78, 5) is 37.0. The van der Waals surface area contributed by atoms with Crippen molar-refractivity contribution in [1.29, 1.82) is 5.26 Å². The maximum Gasteiger partial charge on any atom is 0.311 e. The lowest BCUT2D eigenvalue weighted by Crippen LogP contribution is -2.35. The van der Waals surface area contributed by atoms with Crippen LogP contribution in [0.25, 0.3) is 0 Å². The third-order valence-electron chi connectivity index (χ3n) is 4.80. The van der Waals surface area contributed by atoms with Gasteiger partial charge in [0, 0.05) is 16.7 Å². The fraction of sp³-hybridized carbons (Fsp3) is 0.529. The summed E-state index contributed by atoms with van der Waals surface area (Å²) < 4.78 is 5.17. The number of amides is 2. The molecule has 1 saturated carbocycles. The Morgan fingerprint density at radius 1 is 1.30 bits per heavy atom. The molecule has 0 spiro atoms. The molecule has 2 amide bonds. The number of rotatable bonds is 4. The van der Waals surface area contributed by atoms with Crippen molar-refractivity contribution < 1.29 is 19.1 Å². The van der Waals surface area contributed by atoms with Crippen LogP contribution >= 0.6 is 0 Å². The van der Waals surface area contributed by atoms with E-state index in [1.165, 1.54) is 0 Å². The second-order valence-electron chi connectivity index (χ2n) is 6.67. The number of carbonyl (C=O) groups is 3. The van der Waals surface area contributed by atoms with E-state index >= 15 is 0 Å². The lowest BCUT2D eigenvalue weighted by molar-refractivity contribution is -0.156. The highest BCUT2D eigenvalue weighted by molar-refractivity contribution is 6.18. The molecule has 2 atom stereocenters. The summed E-state index contributed by atoms with van der Waals surface area (Å²) in [6.45, 7) is 8.32. The predicted octanol–water partition coefficient (Wildman–Crippen LogP) is 1.93. The molecule has 122 valence electrons. The summed E-state index contributed by atoms with van der Waals surface area (Å²) in [5, 5.41) is 8.84. The summed E-state index contributed by atoms with van der Waals surface area (Å²) in [6, 6.07) is 2.04. The minimum absolute atomic E-state index is 0.0683. The van der Waals surface area contributed by atoms with E-state index in [9.17, 15) is 14.4 Å². The molecule has 6 nitrogen and oxygen atoms in total. The lowest BCUT2D eigenvalue weighted by Gasteiger charge is -2.15. The largest absolute Gasteiger partial charge is 0.443 e. The number of carbonyl (C=O) groups excluding carboxylic acids is 3. The minimum atomic E-state index is -0.454. The van der Waals surface area contributed by atoms with Crippen LogP contribution in [-0.4, -0.2) is 29.4 Å². The highest BCUT2D eigenvalue weighted by atomic mass is 16.5. The molecule has 1 aliphatic heterocycles. The third kappa shape index (κ3) is 2.79. The van der Waals surface area contributed by atoms with E-state index < -0.39 is 17.8 Å². The Labute approximate surface area is 135 Å². The molecule has 6 heteroatoms. The second-order valence-corrected chi connectivity index (χ2v) is 6.67. The first kappa shape index (κ1) is 16.9. The second kappa shape index (κ2) is 5.65. The third-order valence-corrected chi connectivity index (χ3v) is 4.80. The molecule has 2 rings (SSSR count). The van der Waals surface area contributed by atoms with E-state index in [1.54, 1.807) is 26.8 Å². The van der Waals surface area contributed by atoms with Crippen LogP contribution in [0.4, 0.5) is 0 Å². The predicted molar refractivity (Wildman–Crippen MR) is 81.3 cm³/mol. The van der Waals surface area contributed by atoms with Gasteiger partial charge >= 0.3 is 5.97 Å². The summed E-state index contributed by atoms with van der Waals surface area (Å²) in [5.74, 6) is -1.74. The van der Waals surface area contributed by atoms with Crippen molar-refractivity contribution >= 4 is 17.8 Å². The van der Waals surface area contributed by atoms with Gasteiger partial charge < -0.3 is 4.74 Å².